The van der Waals surface area contributed by atoms with Gasteiger partial charge in [-0.2, -0.15) is 0 Å². The zero-order chi connectivity index (χ0) is 16.3. The lowest BCUT2D eigenvalue weighted by molar-refractivity contribution is 0.0199. The van der Waals surface area contributed by atoms with Gasteiger partial charge in [0, 0.05) is 30.0 Å². The minimum atomic E-state index is -0.740. The standard InChI is InChI=1S/C17H25FN2O2/c1-5-13-16(9-21-4)22-10-17(13,20-11(2)3)14-8-12(19)6-7-15(14)18/h6-8,13,16H,5,9-10,19H2,1-4H3/t13?,16-,17?/m1/s1. The van der Waals surface area contributed by atoms with Gasteiger partial charge in [-0.05, 0) is 38.5 Å². The minimum absolute atomic E-state index is 0.0404. The molecule has 0 radical (unpaired) electrons. The largest absolute Gasteiger partial charge is 0.399 e. The van der Waals surface area contributed by atoms with Gasteiger partial charge in [-0.1, -0.05) is 6.92 Å². The molecule has 122 valence electrons. The van der Waals surface area contributed by atoms with Crippen LogP contribution in [0.15, 0.2) is 23.2 Å². The zero-order valence-corrected chi connectivity index (χ0v) is 13.7. The zero-order valence-electron chi connectivity index (χ0n) is 13.7. The lowest BCUT2D eigenvalue weighted by atomic mass is 9.76. The maximum absolute atomic E-state index is 14.5. The van der Waals surface area contributed by atoms with Crippen molar-refractivity contribution >= 4 is 11.4 Å². The van der Waals surface area contributed by atoms with Crippen LogP contribution < -0.4 is 5.73 Å². The topological polar surface area (TPSA) is 56.8 Å². The van der Waals surface area contributed by atoms with Crippen LogP contribution >= 0.6 is 0 Å². The van der Waals surface area contributed by atoms with Crippen molar-refractivity contribution in [1.82, 2.24) is 0 Å². The molecule has 0 amide bonds. The molecule has 5 heteroatoms. The number of nitrogen functional groups attached to an aromatic ring is 1. The fourth-order valence-electron chi connectivity index (χ4n) is 3.42. The quantitative estimate of drug-likeness (QED) is 0.671. The van der Waals surface area contributed by atoms with Gasteiger partial charge in [-0.25, -0.2) is 4.39 Å². The maximum atomic E-state index is 14.5. The first kappa shape index (κ1) is 16.9. The number of halogens is 1. The third kappa shape index (κ3) is 3.01. The van der Waals surface area contributed by atoms with Crippen LogP contribution in [0, 0.1) is 11.7 Å². The van der Waals surface area contributed by atoms with Gasteiger partial charge in [0.25, 0.3) is 0 Å². The predicted octanol–water partition coefficient (Wildman–Crippen LogP) is 3.16. The van der Waals surface area contributed by atoms with Crippen LogP contribution in [0.5, 0.6) is 0 Å². The van der Waals surface area contributed by atoms with E-state index < -0.39 is 5.54 Å². The molecule has 0 aliphatic carbocycles. The van der Waals surface area contributed by atoms with E-state index in [-0.39, 0.29) is 17.8 Å². The molecule has 1 saturated heterocycles. The summed E-state index contributed by atoms with van der Waals surface area (Å²) in [6, 6.07) is 4.66. The van der Waals surface area contributed by atoms with Gasteiger partial charge in [0.15, 0.2) is 0 Å². The minimum Gasteiger partial charge on any atom is -0.399 e. The van der Waals surface area contributed by atoms with E-state index in [1.54, 1.807) is 19.2 Å². The van der Waals surface area contributed by atoms with Gasteiger partial charge < -0.3 is 15.2 Å². The molecule has 2 N–H and O–H groups in total. The van der Waals surface area contributed by atoms with Crippen LogP contribution in [0.25, 0.3) is 0 Å². The van der Waals surface area contributed by atoms with E-state index in [0.717, 1.165) is 12.1 Å². The van der Waals surface area contributed by atoms with Crippen molar-refractivity contribution in [2.24, 2.45) is 10.9 Å². The highest BCUT2D eigenvalue weighted by Gasteiger charge is 2.51. The molecule has 0 aromatic heterocycles. The molecule has 4 nitrogen and oxygen atoms in total. The Morgan fingerprint density at radius 3 is 2.82 bits per heavy atom. The normalized spacial score (nSPS) is 27.9. The van der Waals surface area contributed by atoms with Crippen LogP contribution in [-0.4, -0.2) is 32.1 Å². The van der Waals surface area contributed by atoms with Crippen molar-refractivity contribution in [2.45, 2.75) is 38.8 Å². The Bertz CT molecular complexity index is 558. The van der Waals surface area contributed by atoms with Crippen molar-refractivity contribution in [3.05, 3.63) is 29.6 Å². The molecule has 0 bridgehead atoms. The Kier molecular flexibility index (Phi) is 5.19. The number of hydrogen-bond acceptors (Lipinski definition) is 4. The SMILES string of the molecule is CCC1[C@@H](COC)OCC1(N=C(C)C)c1cc(N)ccc1F. The number of anilines is 1. The number of hydrogen-bond donors (Lipinski definition) is 1. The number of aliphatic imine (C=N–C) groups is 1. The average Bonchev–Trinajstić information content (AvgIpc) is 2.79. The van der Waals surface area contributed by atoms with Crippen molar-refractivity contribution < 1.29 is 13.9 Å². The van der Waals surface area contributed by atoms with Crippen molar-refractivity contribution in [3.63, 3.8) is 0 Å². The van der Waals surface area contributed by atoms with Gasteiger partial charge >= 0.3 is 0 Å². The molecule has 0 spiro atoms. The molecule has 1 aliphatic rings. The molecule has 0 saturated carbocycles. The lowest BCUT2D eigenvalue weighted by Gasteiger charge is -2.32. The number of nitrogens with zero attached hydrogens (tertiary/aromatic N) is 1. The molecule has 1 heterocycles. The fraction of sp³-hybridized carbons (Fsp3) is 0.588. The number of nitrogens with two attached hydrogens (primary N) is 1. The highest BCUT2D eigenvalue weighted by Crippen LogP contribution is 2.46. The summed E-state index contributed by atoms with van der Waals surface area (Å²) in [7, 11) is 1.64. The molecule has 1 aliphatic heterocycles. The third-order valence-electron chi connectivity index (χ3n) is 4.23. The number of ether oxygens (including phenoxy) is 2. The molecule has 1 aromatic carbocycles. The first-order valence-electron chi connectivity index (χ1n) is 7.63. The van der Waals surface area contributed by atoms with Gasteiger partial charge in [0.05, 0.1) is 19.3 Å². The summed E-state index contributed by atoms with van der Waals surface area (Å²) in [6.45, 7) is 6.72. The summed E-state index contributed by atoms with van der Waals surface area (Å²) in [4.78, 5) is 4.81. The Balaban J connectivity index is 2.58. The van der Waals surface area contributed by atoms with Crippen molar-refractivity contribution in [1.29, 1.82) is 0 Å². The van der Waals surface area contributed by atoms with Crippen molar-refractivity contribution in [2.75, 3.05) is 26.1 Å². The Hall–Kier alpha value is -1.46. The van der Waals surface area contributed by atoms with E-state index in [4.69, 9.17) is 20.2 Å². The summed E-state index contributed by atoms with van der Waals surface area (Å²) in [5.74, 6) is -0.252. The molecule has 2 rings (SSSR count). The molecule has 1 aromatic rings. The summed E-state index contributed by atoms with van der Waals surface area (Å²) in [6.07, 6.45) is 0.720. The van der Waals surface area contributed by atoms with E-state index in [0.29, 0.717) is 24.5 Å². The Morgan fingerprint density at radius 1 is 1.50 bits per heavy atom. The monoisotopic (exact) mass is 308 g/mol. The lowest BCUT2D eigenvalue weighted by Crippen LogP contribution is -2.37. The molecule has 3 atom stereocenters. The van der Waals surface area contributed by atoms with Crippen LogP contribution in [0.1, 0.15) is 32.8 Å². The number of methoxy groups -OCH3 is 1. The fourth-order valence-corrected chi connectivity index (χ4v) is 3.42. The van der Waals surface area contributed by atoms with Gasteiger partial charge in [0.1, 0.15) is 11.4 Å². The van der Waals surface area contributed by atoms with E-state index in [2.05, 4.69) is 6.92 Å². The second kappa shape index (κ2) is 6.75. The van der Waals surface area contributed by atoms with E-state index >= 15 is 0 Å². The predicted molar refractivity (Wildman–Crippen MR) is 86.7 cm³/mol. The third-order valence-corrected chi connectivity index (χ3v) is 4.23. The smallest absolute Gasteiger partial charge is 0.129 e. The second-order valence-corrected chi connectivity index (χ2v) is 6.04. The van der Waals surface area contributed by atoms with E-state index in [9.17, 15) is 4.39 Å². The summed E-state index contributed by atoms with van der Waals surface area (Å²) >= 11 is 0. The highest BCUT2D eigenvalue weighted by atomic mass is 19.1. The van der Waals surface area contributed by atoms with Gasteiger partial charge in [-0.15, -0.1) is 0 Å². The second-order valence-electron chi connectivity index (χ2n) is 6.04. The first-order chi connectivity index (χ1) is 10.4. The van der Waals surface area contributed by atoms with Crippen LogP contribution in [0.2, 0.25) is 0 Å². The molecule has 22 heavy (non-hydrogen) atoms. The molecule has 2 unspecified atom stereocenters. The number of benzene rings is 1. The van der Waals surface area contributed by atoms with Crippen LogP contribution in [0.4, 0.5) is 10.1 Å². The Labute approximate surface area is 131 Å². The number of rotatable bonds is 5. The summed E-state index contributed by atoms with van der Waals surface area (Å²) in [5.41, 5.74) is 7.08. The summed E-state index contributed by atoms with van der Waals surface area (Å²) < 4.78 is 25.7. The summed E-state index contributed by atoms with van der Waals surface area (Å²) in [5, 5.41) is 0. The Morgan fingerprint density at radius 2 is 2.23 bits per heavy atom. The van der Waals surface area contributed by atoms with E-state index in [1.807, 2.05) is 13.8 Å². The molecular weight excluding hydrogens is 283 g/mol. The average molecular weight is 308 g/mol. The molecular formula is C17H25FN2O2. The van der Waals surface area contributed by atoms with Gasteiger partial charge in [0.2, 0.25) is 0 Å². The van der Waals surface area contributed by atoms with Crippen LogP contribution in [-0.2, 0) is 15.0 Å². The maximum Gasteiger partial charge on any atom is 0.129 e. The first-order valence-corrected chi connectivity index (χ1v) is 7.63. The van der Waals surface area contributed by atoms with E-state index in [1.165, 1.54) is 6.07 Å². The van der Waals surface area contributed by atoms with Crippen molar-refractivity contribution in [3.8, 4) is 0 Å². The van der Waals surface area contributed by atoms with Crippen LogP contribution in [0.3, 0.4) is 0 Å². The van der Waals surface area contributed by atoms with Gasteiger partial charge in [-0.3, -0.25) is 4.99 Å². The highest BCUT2D eigenvalue weighted by molar-refractivity contribution is 5.79. The molecule has 1 fully saturated rings.